The van der Waals surface area contributed by atoms with Crippen LogP contribution in [0.15, 0.2) is 18.3 Å². The Morgan fingerprint density at radius 3 is 3.07 bits per heavy atom. The van der Waals surface area contributed by atoms with Crippen LogP contribution in [0.2, 0.25) is 0 Å². The predicted octanol–water partition coefficient (Wildman–Crippen LogP) is 0.646. The smallest absolute Gasteiger partial charge is 0.310 e. The van der Waals surface area contributed by atoms with E-state index in [-0.39, 0.29) is 12.4 Å². The lowest BCUT2D eigenvalue weighted by Gasteiger charge is -2.02. The summed E-state index contributed by atoms with van der Waals surface area (Å²) in [7, 11) is 0. The number of nitrogens with zero attached hydrogens (tertiary/aromatic N) is 1. The van der Waals surface area contributed by atoms with E-state index in [2.05, 4.69) is 4.98 Å². The molecule has 0 atom stereocenters. The molecule has 0 amide bonds. The third-order valence-corrected chi connectivity index (χ3v) is 1.74. The van der Waals surface area contributed by atoms with Crippen LogP contribution >= 0.6 is 0 Å². The summed E-state index contributed by atoms with van der Waals surface area (Å²) in [5.41, 5.74) is 7.10. The normalized spacial score (nSPS) is 9.86. The van der Waals surface area contributed by atoms with Gasteiger partial charge in [-0.25, -0.2) is 0 Å². The van der Waals surface area contributed by atoms with Crippen molar-refractivity contribution in [1.29, 1.82) is 0 Å². The standard InChI is InChI=1S/C10H14N2O2/c1-2-14-10(13)6-8-3-4-12-9(5-8)7-11/h3-5H,2,6-7,11H2,1H3. The van der Waals surface area contributed by atoms with E-state index in [1.54, 1.807) is 19.2 Å². The molecule has 1 rings (SSSR count). The Hall–Kier alpha value is -1.42. The third-order valence-electron chi connectivity index (χ3n) is 1.74. The molecule has 4 nitrogen and oxygen atoms in total. The highest BCUT2D eigenvalue weighted by Crippen LogP contribution is 2.03. The molecule has 1 aromatic rings. The van der Waals surface area contributed by atoms with Gasteiger partial charge in [0, 0.05) is 12.7 Å². The molecule has 0 spiro atoms. The van der Waals surface area contributed by atoms with Gasteiger partial charge in [0.15, 0.2) is 0 Å². The van der Waals surface area contributed by atoms with E-state index in [4.69, 9.17) is 10.5 Å². The molecule has 1 aromatic heterocycles. The molecule has 0 bridgehead atoms. The van der Waals surface area contributed by atoms with E-state index in [0.717, 1.165) is 11.3 Å². The van der Waals surface area contributed by atoms with Gasteiger partial charge in [0.2, 0.25) is 0 Å². The second-order valence-corrected chi connectivity index (χ2v) is 2.84. The third kappa shape index (κ3) is 3.14. The summed E-state index contributed by atoms with van der Waals surface area (Å²) in [5.74, 6) is -0.221. The molecule has 0 fully saturated rings. The van der Waals surface area contributed by atoms with Crippen molar-refractivity contribution in [1.82, 2.24) is 4.98 Å². The number of hydrogen-bond donors (Lipinski definition) is 1. The number of aromatic nitrogens is 1. The lowest BCUT2D eigenvalue weighted by molar-refractivity contribution is -0.142. The number of ether oxygens (including phenoxy) is 1. The highest BCUT2D eigenvalue weighted by atomic mass is 16.5. The first-order valence-electron chi connectivity index (χ1n) is 4.55. The molecular weight excluding hydrogens is 180 g/mol. The zero-order valence-corrected chi connectivity index (χ0v) is 8.19. The molecule has 1 heterocycles. The van der Waals surface area contributed by atoms with Gasteiger partial charge in [0.05, 0.1) is 18.7 Å². The zero-order valence-electron chi connectivity index (χ0n) is 8.19. The molecule has 76 valence electrons. The molecule has 4 heteroatoms. The minimum atomic E-state index is -0.221. The fraction of sp³-hybridized carbons (Fsp3) is 0.400. The van der Waals surface area contributed by atoms with E-state index in [1.165, 1.54) is 0 Å². The quantitative estimate of drug-likeness (QED) is 0.714. The Bertz CT molecular complexity index is 313. The fourth-order valence-corrected chi connectivity index (χ4v) is 1.13. The number of carbonyl (C=O) groups is 1. The van der Waals surface area contributed by atoms with Crippen molar-refractivity contribution in [3.05, 3.63) is 29.6 Å². The Balaban J connectivity index is 2.62. The minimum absolute atomic E-state index is 0.221. The first kappa shape index (κ1) is 10.7. The van der Waals surface area contributed by atoms with Gasteiger partial charge < -0.3 is 10.5 Å². The van der Waals surface area contributed by atoms with E-state index < -0.39 is 0 Å². The second-order valence-electron chi connectivity index (χ2n) is 2.84. The average molecular weight is 194 g/mol. The maximum atomic E-state index is 11.1. The van der Waals surface area contributed by atoms with Crippen LogP contribution in [-0.2, 0) is 22.5 Å². The molecule has 14 heavy (non-hydrogen) atoms. The topological polar surface area (TPSA) is 65.2 Å². The number of nitrogens with two attached hydrogens (primary N) is 1. The van der Waals surface area contributed by atoms with Gasteiger partial charge in [0.25, 0.3) is 0 Å². The Morgan fingerprint density at radius 2 is 2.43 bits per heavy atom. The molecule has 0 saturated heterocycles. The van der Waals surface area contributed by atoms with Crippen molar-refractivity contribution in [3.8, 4) is 0 Å². The van der Waals surface area contributed by atoms with Crippen LogP contribution in [0.1, 0.15) is 18.2 Å². The summed E-state index contributed by atoms with van der Waals surface area (Å²) in [5, 5.41) is 0. The van der Waals surface area contributed by atoms with Crippen molar-refractivity contribution in [3.63, 3.8) is 0 Å². The van der Waals surface area contributed by atoms with Crippen molar-refractivity contribution in [2.75, 3.05) is 6.61 Å². The fourth-order valence-electron chi connectivity index (χ4n) is 1.13. The SMILES string of the molecule is CCOC(=O)Cc1ccnc(CN)c1. The van der Waals surface area contributed by atoms with Crippen LogP contribution in [0.3, 0.4) is 0 Å². The van der Waals surface area contributed by atoms with Crippen LogP contribution in [0, 0.1) is 0 Å². The summed E-state index contributed by atoms with van der Waals surface area (Å²) in [6.07, 6.45) is 1.93. The molecule has 0 aliphatic heterocycles. The maximum absolute atomic E-state index is 11.1. The second kappa shape index (κ2) is 5.34. The van der Waals surface area contributed by atoms with Crippen molar-refractivity contribution in [2.45, 2.75) is 19.9 Å². The number of rotatable bonds is 4. The monoisotopic (exact) mass is 194 g/mol. The van der Waals surface area contributed by atoms with Crippen molar-refractivity contribution < 1.29 is 9.53 Å². The van der Waals surface area contributed by atoms with E-state index >= 15 is 0 Å². The van der Waals surface area contributed by atoms with Crippen LogP contribution in [-0.4, -0.2) is 17.6 Å². The average Bonchev–Trinajstić information content (AvgIpc) is 2.18. The summed E-state index contributed by atoms with van der Waals surface area (Å²) in [6, 6.07) is 3.60. The Kier molecular flexibility index (Phi) is 4.07. The van der Waals surface area contributed by atoms with Gasteiger partial charge >= 0.3 is 5.97 Å². The van der Waals surface area contributed by atoms with Gasteiger partial charge in [0.1, 0.15) is 0 Å². The predicted molar refractivity (Wildman–Crippen MR) is 52.5 cm³/mol. The molecular formula is C10H14N2O2. The van der Waals surface area contributed by atoms with Crippen molar-refractivity contribution in [2.24, 2.45) is 5.73 Å². The molecule has 0 radical (unpaired) electrons. The minimum Gasteiger partial charge on any atom is -0.466 e. The number of esters is 1. The summed E-state index contributed by atoms with van der Waals surface area (Å²) in [6.45, 7) is 2.58. The van der Waals surface area contributed by atoms with Gasteiger partial charge in [-0.15, -0.1) is 0 Å². The molecule has 0 saturated carbocycles. The lowest BCUT2D eigenvalue weighted by Crippen LogP contribution is -2.08. The summed E-state index contributed by atoms with van der Waals surface area (Å²) >= 11 is 0. The van der Waals surface area contributed by atoms with Crippen LogP contribution in [0.25, 0.3) is 0 Å². The zero-order chi connectivity index (χ0) is 10.4. The first-order chi connectivity index (χ1) is 6.76. The number of pyridine rings is 1. The van der Waals surface area contributed by atoms with Gasteiger partial charge in [-0.1, -0.05) is 0 Å². The number of carbonyl (C=O) groups excluding carboxylic acids is 1. The van der Waals surface area contributed by atoms with Gasteiger partial charge in [-0.2, -0.15) is 0 Å². The van der Waals surface area contributed by atoms with Crippen LogP contribution < -0.4 is 5.73 Å². The van der Waals surface area contributed by atoms with Crippen LogP contribution in [0.4, 0.5) is 0 Å². The summed E-state index contributed by atoms with van der Waals surface area (Å²) < 4.78 is 4.83. The van der Waals surface area contributed by atoms with Gasteiger partial charge in [-0.05, 0) is 24.6 Å². The lowest BCUT2D eigenvalue weighted by atomic mass is 10.1. The Labute approximate surface area is 83.1 Å². The first-order valence-corrected chi connectivity index (χ1v) is 4.55. The maximum Gasteiger partial charge on any atom is 0.310 e. The van der Waals surface area contributed by atoms with Crippen molar-refractivity contribution >= 4 is 5.97 Å². The molecule has 0 aliphatic rings. The van der Waals surface area contributed by atoms with Gasteiger partial charge in [-0.3, -0.25) is 9.78 Å². The molecule has 2 N–H and O–H groups in total. The molecule has 0 aliphatic carbocycles. The Morgan fingerprint density at radius 1 is 1.64 bits per heavy atom. The highest BCUT2D eigenvalue weighted by Gasteiger charge is 2.04. The van der Waals surface area contributed by atoms with E-state index in [1.807, 2.05) is 6.07 Å². The highest BCUT2D eigenvalue weighted by molar-refractivity contribution is 5.72. The molecule has 0 aromatic carbocycles. The van der Waals surface area contributed by atoms with Crippen LogP contribution in [0.5, 0.6) is 0 Å². The summed E-state index contributed by atoms with van der Waals surface area (Å²) in [4.78, 5) is 15.2. The largest absolute Gasteiger partial charge is 0.466 e. The molecule has 0 unspecified atom stereocenters. The van der Waals surface area contributed by atoms with E-state index in [9.17, 15) is 4.79 Å². The number of hydrogen-bond acceptors (Lipinski definition) is 4. The van der Waals surface area contributed by atoms with E-state index in [0.29, 0.717) is 13.2 Å².